The maximum Gasteiger partial charge on any atom is 0.223 e. The standard InChI is InChI=1S/C13H23N5O/c1-2-9-3-5-13(19,6-4-9)8-16-11-7-10(14)17-12(15)18-11/h7,9,19H,2-6,8H2,1H3,(H5,14,15,16,17,18). The molecule has 0 atom stereocenters. The molecule has 1 aliphatic carbocycles. The summed E-state index contributed by atoms with van der Waals surface area (Å²) in [6.45, 7) is 2.68. The predicted octanol–water partition coefficient (Wildman–Crippen LogP) is 1.38. The number of hydrogen-bond acceptors (Lipinski definition) is 6. The van der Waals surface area contributed by atoms with E-state index in [4.69, 9.17) is 11.5 Å². The van der Waals surface area contributed by atoms with Crippen LogP contribution in [0.25, 0.3) is 0 Å². The molecule has 6 nitrogen and oxygen atoms in total. The van der Waals surface area contributed by atoms with Crippen LogP contribution in [0, 0.1) is 5.92 Å². The number of anilines is 3. The zero-order valence-electron chi connectivity index (χ0n) is 11.4. The normalized spacial score (nSPS) is 27.2. The van der Waals surface area contributed by atoms with Crippen LogP contribution in [-0.4, -0.2) is 27.2 Å². The third-order valence-electron chi connectivity index (χ3n) is 3.98. The summed E-state index contributed by atoms with van der Waals surface area (Å²) >= 11 is 0. The third kappa shape index (κ3) is 3.70. The van der Waals surface area contributed by atoms with Gasteiger partial charge in [-0.3, -0.25) is 0 Å². The van der Waals surface area contributed by atoms with Gasteiger partial charge in [-0.1, -0.05) is 13.3 Å². The number of nitrogens with one attached hydrogen (secondary N) is 1. The maximum absolute atomic E-state index is 10.5. The number of nitrogen functional groups attached to an aromatic ring is 2. The largest absolute Gasteiger partial charge is 0.388 e. The summed E-state index contributed by atoms with van der Waals surface area (Å²) in [5, 5.41) is 13.6. The van der Waals surface area contributed by atoms with Crippen LogP contribution >= 0.6 is 0 Å². The summed E-state index contributed by atoms with van der Waals surface area (Å²) in [6, 6.07) is 1.62. The second-order valence-corrected chi connectivity index (χ2v) is 5.47. The van der Waals surface area contributed by atoms with Crippen molar-refractivity contribution >= 4 is 17.6 Å². The van der Waals surface area contributed by atoms with Gasteiger partial charge in [-0.15, -0.1) is 0 Å². The quantitative estimate of drug-likeness (QED) is 0.654. The van der Waals surface area contributed by atoms with E-state index in [1.165, 1.54) is 6.42 Å². The molecule has 1 aliphatic rings. The summed E-state index contributed by atoms with van der Waals surface area (Å²) in [5.74, 6) is 1.79. The molecule has 1 fully saturated rings. The number of nitrogens with zero attached hydrogens (tertiary/aromatic N) is 2. The van der Waals surface area contributed by atoms with E-state index in [0.29, 0.717) is 18.2 Å². The van der Waals surface area contributed by atoms with E-state index in [-0.39, 0.29) is 5.95 Å². The fourth-order valence-electron chi connectivity index (χ4n) is 2.63. The maximum atomic E-state index is 10.5. The summed E-state index contributed by atoms with van der Waals surface area (Å²) in [6.07, 6.45) is 5.02. The van der Waals surface area contributed by atoms with Crippen molar-refractivity contribution in [3.63, 3.8) is 0 Å². The van der Waals surface area contributed by atoms with E-state index in [0.717, 1.165) is 31.6 Å². The number of nitrogens with two attached hydrogens (primary N) is 2. The van der Waals surface area contributed by atoms with Gasteiger partial charge in [0.25, 0.3) is 0 Å². The smallest absolute Gasteiger partial charge is 0.223 e. The minimum absolute atomic E-state index is 0.143. The molecular weight excluding hydrogens is 242 g/mol. The van der Waals surface area contributed by atoms with Crippen LogP contribution in [0.1, 0.15) is 39.0 Å². The van der Waals surface area contributed by atoms with Crippen LogP contribution in [0.4, 0.5) is 17.6 Å². The first kappa shape index (κ1) is 13.9. The van der Waals surface area contributed by atoms with Crippen LogP contribution in [0.15, 0.2) is 6.07 Å². The molecular formula is C13H23N5O. The van der Waals surface area contributed by atoms with Gasteiger partial charge in [0.05, 0.1) is 5.60 Å². The van der Waals surface area contributed by atoms with Crippen LogP contribution in [0.3, 0.4) is 0 Å². The minimum Gasteiger partial charge on any atom is -0.388 e. The summed E-state index contributed by atoms with van der Waals surface area (Å²) < 4.78 is 0. The molecule has 0 saturated heterocycles. The predicted molar refractivity (Wildman–Crippen MR) is 76.5 cm³/mol. The Balaban J connectivity index is 1.91. The zero-order valence-corrected chi connectivity index (χ0v) is 11.4. The molecule has 0 radical (unpaired) electrons. The van der Waals surface area contributed by atoms with Crippen molar-refractivity contribution in [2.45, 2.75) is 44.6 Å². The highest BCUT2D eigenvalue weighted by Crippen LogP contribution is 2.33. The molecule has 1 heterocycles. The van der Waals surface area contributed by atoms with Crippen LogP contribution in [0.5, 0.6) is 0 Å². The van der Waals surface area contributed by atoms with Crippen molar-refractivity contribution in [3.05, 3.63) is 6.07 Å². The number of aliphatic hydroxyl groups is 1. The Hall–Kier alpha value is -1.56. The Morgan fingerprint density at radius 2 is 2.05 bits per heavy atom. The van der Waals surface area contributed by atoms with Crippen molar-refractivity contribution in [1.29, 1.82) is 0 Å². The lowest BCUT2D eigenvalue weighted by molar-refractivity contribution is 0.00223. The van der Waals surface area contributed by atoms with E-state index in [1.54, 1.807) is 6.07 Å². The molecule has 19 heavy (non-hydrogen) atoms. The summed E-state index contributed by atoms with van der Waals surface area (Å²) in [7, 11) is 0. The van der Waals surface area contributed by atoms with Gasteiger partial charge in [-0.2, -0.15) is 9.97 Å². The highest BCUT2D eigenvalue weighted by molar-refractivity contribution is 5.48. The van der Waals surface area contributed by atoms with E-state index >= 15 is 0 Å². The highest BCUT2D eigenvalue weighted by Gasteiger charge is 2.32. The van der Waals surface area contributed by atoms with Gasteiger partial charge in [-0.05, 0) is 31.6 Å². The average molecular weight is 265 g/mol. The van der Waals surface area contributed by atoms with Gasteiger partial charge in [0.2, 0.25) is 5.95 Å². The molecule has 0 amide bonds. The van der Waals surface area contributed by atoms with Crippen LogP contribution in [-0.2, 0) is 0 Å². The first-order valence-electron chi connectivity index (χ1n) is 6.87. The minimum atomic E-state index is -0.653. The summed E-state index contributed by atoms with van der Waals surface area (Å²) in [4.78, 5) is 7.85. The Labute approximate surface area is 113 Å². The van der Waals surface area contributed by atoms with E-state index < -0.39 is 5.60 Å². The van der Waals surface area contributed by atoms with E-state index in [1.807, 2.05) is 0 Å². The lowest BCUT2D eigenvalue weighted by Gasteiger charge is -2.36. The molecule has 106 valence electrons. The fourth-order valence-corrected chi connectivity index (χ4v) is 2.63. The lowest BCUT2D eigenvalue weighted by atomic mass is 9.78. The van der Waals surface area contributed by atoms with Gasteiger partial charge in [0.1, 0.15) is 11.6 Å². The Bertz CT molecular complexity index is 409. The molecule has 0 bridgehead atoms. The molecule has 0 aliphatic heterocycles. The van der Waals surface area contributed by atoms with Gasteiger partial charge in [-0.25, -0.2) is 0 Å². The first-order chi connectivity index (χ1) is 9.00. The number of rotatable bonds is 4. The van der Waals surface area contributed by atoms with Crippen LogP contribution in [0.2, 0.25) is 0 Å². The van der Waals surface area contributed by atoms with Crippen molar-refractivity contribution in [3.8, 4) is 0 Å². The number of aromatic nitrogens is 2. The molecule has 6 N–H and O–H groups in total. The Kier molecular flexibility index (Phi) is 4.09. The topological polar surface area (TPSA) is 110 Å². The van der Waals surface area contributed by atoms with E-state index in [9.17, 15) is 5.11 Å². The molecule has 0 unspecified atom stereocenters. The molecule has 6 heteroatoms. The Morgan fingerprint density at radius 3 is 2.63 bits per heavy atom. The van der Waals surface area contributed by atoms with Crippen LogP contribution < -0.4 is 16.8 Å². The van der Waals surface area contributed by atoms with Gasteiger partial charge in [0.15, 0.2) is 0 Å². The van der Waals surface area contributed by atoms with Crippen molar-refractivity contribution in [1.82, 2.24) is 9.97 Å². The molecule has 2 rings (SSSR count). The highest BCUT2D eigenvalue weighted by atomic mass is 16.3. The van der Waals surface area contributed by atoms with Gasteiger partial charge >= 0.3 is 0 Å². The lowest BCUT2D eigenvalue weighted by Crippen LogP contribution is -2.40. The molecule has 0 aromatic carbocycles. The zero-order chi connectivity index (χ0) is 13.9. The van der Waals surface area contributed by atoms with Gasteiger partial charge in [0, 0.05) is 12.6 Å². The average Bonchev–Trinajstić information content (AvgIpc) is 2.37. The van der Waals surface area contributed by atoms with Crippen molar-refractivity contribution in [2.75, 3.05) is 23.3 Å². The Morgan fingerprint density at radius 1 is 1.37 bits per heavy atom. The second-order valence-electron chi connectivity index (χ2n) is 5.47. The van der Waals surface area contributed by atoms with Crippen molar-refractivity contribution in [2.24, 2.45) is 5.92 Å². The van der Waals surface area contributed by atoms with Crippen molar-refractivity contribution < 1.29 is 5.11 Å². The summed E-state index contributed by atoms with van der Waals surface area (Å²) in [5.41, 5.74) is 10.5. The molecule has 1 aromatic heterocycles. The van der Waals surface area contributed by atoms with Gasteiger partial charge < -0.3 is 21.9 Å². The SMILES string of the molecule is CCC1CCC(O)(CNc2cc(N)nc(N)n2)CC1. The number of hydrogen-bond donors (Lipinski definition) is 4. The molecule has 0 spiro atoms. The van der Waals surface area contributed by atoms with E-state index in [2.05, 4.69) is 22.2 Å². The molecule has 1 aromatic rings. The third-order valence-corrected chi connectivity index (χ3v) is 3.98. The molecule has 1 saturated carbocycles. The fraction of sp³-hybridized carbons (Fsp3) is 0.692. The second kappa shape index (κ2) is 5.61. The monoisotopic (exact) mass is 265 g/mol. The first-order valence-corrected chi connectivity index (χ1v) is 6.87.